The molecule has 0 saturated carbocycles. The zero-order valence-corrected chi connectivity index (χ0v) is 10.4. The Bertz CT molecular complexity index is 386. The molecule has 19 heavy (non-hydrogen) atoms. The summed E-state index contributed by atoms with van der Waals surface area (Å²) >= 11 is 0. The molecule has 1 aromatic rings. The molecule has 1 fully saturated rings. The Balaban J connectivity index is 1.95. The van der Waals surface area contributed by atoms with E-state index in [4.69, 9.17) is 20.3 Å². The van der Waals surface area contributed by atoms with Gasteiger partial charge in [0.15, 0.2) is 6.29 Å². The van der Waals surface area contributed by atoms with E-state index in [0.717, 1.165) is 5.56 Å². The van der Waals surface area contributed by atoms with E-state index in [1.54, 1.807) is 0 Å². The average Bonchev–Trinajstić information content (AvgIpc) is 2.45. The Morgan fingerprint density at radius 3 is 2.47 bits per heavy atom. The highest BCUT2D eigenvalue weighted by Crippen LogP contribution is 2.21. The van der Waals surface area contributed by atoms with Gasteiger partial charge in [-0.2, -0.15) is 0 Å². The van der Waals surface area contributed by atoms with Crippen LogP contribution in [0.25, 0.3) is 0 Å². The van der Waals surface area contributed by atoms with Gasteiger partial charge in [0.1, 0.15) is 18.3 Å². The fraction of sp³-hybridized carbons (Fsp3) is 0.538. The minimum Gasteiger partial charge on any atom is -0.394 e. The van der Waals surface area contributed by atoms with E-state index in [-0.39, 0.29) is 6.61 Å². The van der Waals surface area contributed by atoms with Crippen LogP contribution in [0.4, 0.5) is 0 Å². The predicted molar refractivity (Wildman–Crippen MR) is 67.0 cm³/mol. The molecule has 6 heteroatoms. The third-order valence-corrected chi connectivity index (χ3v) is 3.19. The van der Waals surface area contributed by atoms with Crippen LogP contribution in [0.15, 0.2) is 30.3 Å². The van der Waals surface area contributed by atoms with Crippen molar-refractivity contribution in [2.45, 2.75) is 37.3 Å². The van der Waals surface area contributed by atoms with Gasteiger partial charge in [0.05, 0.1) is 19.3 Å². The third kappa shape index (κ3) is 3.30. The summed E-state index contributed by atoms with van der Waals surface area (Å²) in [5.41, 5.74) is 6.70. The number of aliphatic hydroxyl groups excluding tert-OH is 3. The summed E-state index contributed by atoms with van der Waals surface area (Å²) in [6, 6.07) is 8.59. The zero-order valence-electron chi connectivity index (χ0n) is 10.4. The minimum absolute atomic E-state index is 0.278. The minimum atomic E-state index is -1.21. The van der Waals surface area contributed by atoms with E-state index in [2.05, 4.69) is 0 Å². The lowest BCUT2D eigenvalue weighted by molar-refractivity contribution is -0.269. The molecule has 0 spiro atoms. The van der Waals surface area contributed by atoms with Crippen molar-refractivity contribution in [2.75, 3.05) is 6.61 Å². The second-order valence-electron chi connectivity index (χ2n) is 4.58. The van der Waals surface area contributed by atoms with Gasteiger partial charge in [0.25, 0.3) is 0 Å². The van der Waals surface area contributed by atoms with Gasteiger partial charge >= 0.3 is 0 Å². The van der Waals surface area contributed by atoms with Crippen molar-refractivity contribution < 1.29 is 24.8 Å². The monoisotopic (exact) mass is 269 g/mol. The van der Waals surface area contributed by atoms with Gasteiger partial charge in [-0.05, 0) is 5.56 Å². The molecule has 1 aromatic carbocycles. The SMILES string of the molecule is N[C@H]1[C@@H](OCc2ccccc2)O[C@H](CO)[C@H](O)[C@@H]1O. The maximum absolute atomic E-state index is 9.77. The van der Waals surface area contributed by atoms with Crippen LogP contribution in [0, 0.1) is 0 Å². The standard InChI is InChI=1S/C13H19NO5/c14-10-12(17)11(16)9(6-15)19-13(10)18-7-8-4-2-1-3-5-8/h1-5,9-13,15-17H,6-7,14H2/t9-,10-,11+,12-,13+/m1/s1. The molecule has 6 nitrogen and oxygen atoms in total. The summed E-state index contributed by atoms with van der Waals surface area (Å²) < 4.78 is 10.8. The maximum atomic E-state index is 9.77. The van der Waals surface area contributed by atoms with Crippen molar-refractivity contribution in [1.29, 1.82) is 0 Å². The largest absolute Gasteiger partial charge is 0.394 e. The molecule has 106 valence electrons. The molecule has 1 aliphatic rings. The van der Waals surface area contributed by atoms with Gasteiger partial charge in [-0.3, -0.25) is 0 Å². The fourth-order valence-electron chi connectivity index (χ4n) is 2.01. The molecule has 0 bridgehead atoms. The number of aliphatic hydroxyl groups is 3. The van der Waals surface area contributed by atoms with Gasteiger partial charge < -0.3 is 30.5 Å². The Morgan fingerprint density at radius 1 is 1.16 bits per heavy atom. The second kappa shape index (κ2) is 6.42. The smallest absolute Gasteiger partial charge is 0.176 e. The lowest BCUT2D eigenvalue weighted by atomic mass is 9.98. The number of ether oxygens (including phenoxy) is 2. The molecule has 1 heterocycles. The van der Waals surface area contributed by atoms with Crippen LogP contribution in [-0.2, 0) is 16.1 Å². The summed E-state index contributed by atoms with van der Waals surface area (Å²) in [5, 5.41) is 28.5. The summed E-state index contributed by atoms with van der Waals surface area (Å²) in [4.78, 5) is 0. The van der Waals surface area contributed by atoms with Crippen LogP contribution in [0.1, 0.15) is 5.56 Å². The topological polar surface area (TPSA) is 105 Å². The first-order chi connectivity index (χ1) is 9.13. The first-order valence-corrected chi connectivity index (χ1v) is 6.17. The molecule has 2 rings (SSSR count). The molecule has 5 N–H and O–H groups in total. The number of hydrogen-bond donors (Lipinski definition) is 4. The molecular formula is C13H19NO5. The van der Waals surface area contributed by atoms with Gasteiger partial charge in [-0.15, -0.1) is 0 Å². The van der Waals surface area contributed by atoms with Crippen LogP contribution in [0.3, 0.4) is 0 Å². The highest BCUT2D eigenvalue weighted by Gasteiger charge is 2.42. The summed E-state index contributed by atoms with van der Waals surface area (Å²) in [6.07, 6.45) is -4.16. The van der Waals surface area contributed by atoms with E-state index in [9.17, 15) is 10.2 Å². The summed E-state index contributed by atoms with van der Waals surface area (Å²) in [5.74, 6) is 0. The van der Waals surface area contributed by atoms with Crippen molar-refractivity contribution in [3.63, 3.8) is 0 Å². The van der Waals surface area contributed by atoms with Gasteiger partial charge in [0, 0.05) is 0 Å². The van der Waals surface area contributed by atoms with Gasteiger partial charge in [0.2, 0.25) is 0 Å². The number of rotatable bonds is 4. The highest BCUT2D eigenvalue weighted by molar-refractivity contribution is 5.13. The van der Waals surface area contributed by atoms with Crippen molar-refractivity contribution in [3.05, 3.63) is 35.9 Å². The number of benzene rings is 1. The Labute approximate surface area is 111 Å². The van der Waals surface area contributed by atoms with Crippen LogP contribution < -0.4 is 5.73 Å². The third-order valence-electron chi connectivity index (χ3n) is 3.19. The number of nitrogens with two attached hydrogens (primary N) is 1. The summed E-state index contributed by atoms with van der Waals surface area (Å²) in [7, 11) is 0. The van der Waals surface area contributed by atoms with Crippen LogP contribution in [0.2, 0.25) is 0 Å². The Morgan fingerprint density at radius 2 is 1.84 bits per heavy atom. The molecule has 0 aromatic heterocycles. The normalized spacial score (nSPS) is 35.3. The van der Waals surface area contributed by atoms with Crippen LogP contribution in [0.5, 0.6) is 0 Å². The molecule has 1 aliphatic heterocycles. The van der Waals surface area contributed by atoms with Crippen molar-refractivity contribution >= 4 is 0 Å². The lowest BCUT2D eigenvalue weighted by Crippen LogP contribution is -2.62. The highest BCUT2D eigenvalue weighted by atomic mass is 16.7. The van der Waals surface area contributed by atoms with Crippen molar-refractivity contribution in [3.8, 4) is 0 Å². The van der Waals surface area contributed by atoms with E-state index in [0.29, 0.717) is 0 Å². The van der Waals surface area contributed by atoms with Crippen LogP contribution in [-0.4, -0.2) is 52.6 Å². The van der Waals surface area contributed by atoms with Crippen molar-refractivity contribution in [1.82, 2.24) is 0 Å². The van der Waals surface area contributed by atoms with Crippen LogP contribution >= 0.6 is 0 Å². The number of hydrogen-bond acceptors (Lipinski definition) is 6. The quantitative estimate of drug-likeness (QED) is 0.557. The van der Waals surface area contributed by atoms with Crippen molar-refractivity contribution in [2.24, 2.45) is 5.73 Å². The predicted octanol–water partition coefficient (Wildman–Crippen LogP) is -1.03. The molecule has 0 unspecified atom stereocenters. The fourth-order valence-corrected chi connectivity index (χ4v) is 2.01. The molecule has 1 saturated heterocycles. The van der Waals surface area contributed by atoms with Gasteiger partial charge in [-0.1, -0.05) is 30.3 Å². The Hall–Kier alpha value is -1.02. The maximum Gasteiger partial charge on any atom is 0.176 e. The van der Waals surface area contributed by atoms with Gasteiger partial charge in [-0.25, -0.2) is 0 Å². The summed E-state index contributed by atoms with van der Waals surface area (Å²) in [6.45, 7) is -0.129. The molecule has 0 amide bonds. The first-order valence-electron chi connectivity index (χ1n) is 6.17. The molecule has 0 aliphatic carbocycles. The van der Waals surface area contributed by atoms with E-state index < -0.39 is 37.3 Å². The van der Waals surface area contributed by atoms with E-state index in [1.807, 2.05) is 30.3 Å². The average molecular weight is 269 g/mol. The van der Waals surface area contributed by atoms with E-state index >= 15 is 0 Å². The lowest BCUT2D eigenvalue weighted by Gasteiger charge is -2.40. The second-order valence-corrected chi connectivity index (χ2v) is 4.58. The molecule has 0 radical (unpaired) electrons. The molecular weight excluding hydrogens is 250 g/mol. The zero-order chi connectivity index (χ0) is 13.8. The molecule has 5 atom stereocenters. The van der Waals surface area contributed by atoms with E-state index in [1.165, 1.54) is 0 Å². The first kappa shape index (κ1) is 14.4. The Kier molecular flexibility index (Phi) is 4.87.